The minimum atomic E-state index is -0.0767. The van der Waals surface area contributed by atoms with Gasteiger partial charge in [-0.2, -0.15) is 0 Å². The molecule has 2 unspecified atom stereocenters. The summed E-state index contributed by atoms with van der Waals surface area (Å²) in [6.07, 6.45) is 5.75. The van der Waals surface area contributed by atoms with Gasteiger partial charge in [-0.1, -0.05) is 24.3 Å². The van der Waals surface area contributed by atoms with Crippen molar-refractivity contribution in [3.63, 3.8) is 0 Å². The molecule has 0 radical (unpaired) electrons. The molecule has 3 N–H and O–H groups in total. The number of carbonyl (C=O) groups excluding carboxylic acids is 2. The summed E-state index contributed by atoms with van der Waals surface area (Å²) >= 11 is 0. The highest BCUT2D eigenvalue weighted by Crippen LogP contribution is 2.26. The van der Waals surface area contributed by atoms with Gasteiger partial charge in [-0.3, -0.25) is 4.79 Å². The summed E-state index contributed by atoms with van der Waals surface area (Å²) in [7, 11) is 0. The van der Waals surface area contributed by atoms with E-state index < -0.39 is 0 Å². The van der Waals surface area contributed by atoms with Crippen LogP contribution < -0.4 is 16.0 Å². The lowest BCUT2D eigenvalue weighted by molar-refractivity contribution is -0.121. The SMILES string of the molecule is O=C(CCNC(=O)N1CCc2ccccc2C1)NC1CC2CCC(C1)N2. The third-order valence-electron chi connectivity index (χ3n) is 5.88. The van der Waals surface area contributed by atoms with Crippen LogP contribution in [-0.2, 0) is 17.8 Å². The average molecular weight is 356 g/mol. The molecule has 3 aliphatic heterocycles. The summed E-state index contributed by atoms with van der Waals surface area (Å²) in [6.45, 7) is 1.76. The highest BCUT2D eigenvalue weighted by atomic mass is 16.2. The van der Waals surface area contributed by atoms with Gasteiger partial charge in [0, 0.05) is 44.2 Å². The first-order valence-electron chi connectivity index (χ1n) is 9.82. The maximum Gasteiger partial charge on any atom is 0.317 e. The molecule has 0 aromatic heterocycles. The molecule has 26 heavy (non-hydrogen) atoms. The average Bonchev–Trinajstić information content (AvgIpc) is 2.99. The molecule has 1 aromatic carbocycles. The topological polar surface area (TPSA) is 73.5 Å². The van der Waals surface area contributed by atoms with Gasteiger partial charge >= 0.3 is 6.03 Å². The third kappa shape index (κ3) is 4.01. The molecule has 3 aliphatic rings. The van der Waals surface area contributed by atoms with Crippen molar-refractivity contribution in [3.8, 4) is 0 Å². The molecule has 3 amide bonds. The molecule has 2 fully saturated rings. The van der Waals surface area contributed by atoms with Crippen LogP contribution in [-0.4, -0.2) is 48.1 Å². The van der Waals surface area contributed by atoms with E-state index in [1.807, 2.05) is 17.0 Å². The first-order valence-corrected chi connectivity index (χ1v) is 9.82. The van der Waals surface area contributed by atoms with Crippen LogP contribution in [0.15, 0.2) is 24.3 Å². The van der Waals surface area contributed by atoms with Gasteiger partial charge < -0.3 is 20.9 Å². The zero-order valence-corrected chi connectivity index (χ0v) is 15.2. The molecule has 6 heteroatoms. The fourth-order valence-electron chi connectivity index (χ4n) is 4.54. The first-order chi connectivity index (χ1) is 12.7. The number of hydrogen-bond donors (Lipinski definition) is 3. The smallest absolute Gasteiger partial charge is 0.317 e. The lowest BCUT2D eigenvalue weighted by atomic mass is 10.00. The number of amides is 3. The predicted octanol–water partition coefficient (Wildman–Crippen LogP) is 1.54. The quantitative estimate of drug-likeness (QED) is 0.766. The van der Waals surface area contributed by atoms with E-state index in [-0.39, 0.29) is 18.0 Å². The van der Waals surface area contributed by atoms with Crippen LogP contribution in [0.2, 0.25) is 0 Å². The van der Waals surface area contributed by atoms with Gasteiger partial charge in [0.2, 0.25) is 5.91 Å². The Morgan fingerprint density at radius 3 is 2.62 bits per heavy atom. The maximum absolute atomic E-state index is 12.3. The predicted molar refractivity (Wildman–Crippen MR) is 99.7 cm³/mol. The fraction of sp³-hybridized carbons (Fsp3) is 0.600. The van der Waals surface area contributed by atoms with E-state index in [0.717, 1.165) is 25.8 Å². The highest BCUT2D eigenvalue weighted by Gasteiger charge is 2.33. The molecule has 2 saturated heterocycles. The van der Waals surface area contributed by atoms with Crippen molar-refractivity contribution < 1.29 is 9.59 Å². The van der Waals surface area contributed by atoms with Crippen LogP contribution in [0.4, 0.5) is 4.79 Å². The molecule has 0 aliphatic carbocycles. The molecule has 140 valence electrons. The van der Waals surface area contributed by atoms with E-state index in [2.05, 4.69) is 28.1 Å². The molecule has 1 aromatic rings. The third-order valence-corrected chi connectivity index (χ3v) is 5.88. The van der Waals surface area contributed by atoms with Crippen molar-refractivity contribution in [2.45, 2.75) is 63.2 Å². The Kier molecular flexibility index (Phi) is 5.11. The number of rotatable bonds is 4. The van der Waals surface area contributed by atoms with Gasteiger partial charge in [-0.25, -0.2) is 4.79 Å². The van der Waals surface area contributed by atoms with Gasteiger partial charge in [-0.05, 0) is 43.2 Å². The molecular formula is C20H28N4O2. The van der Waals surface area contributed by atoms with Crippen molar-refractivity contribution in [1.82, 2.24) is 20.9 Å². The van der Waals surface area contributed by atoms with Crippen LogP contribution in [0.5, 0.6) is 0 Å². The van der Waals surface area contributed by atoms with Crippen LogP contribution in [0, 0.1) is 0 Å². The summed E-state index contributed by atoms with van der Waals surface area (Å²) in [5, 5.41) is 9.62. The van der Waals surface area contributed by atoms with E-state index >= 15 is 0 Å². The number of nitrogens with one attached hydrogen (secondary N) is 3. The summed E-state index contributed by atoms with van der Waals surface area (Å²) in [6, 6.07) is 9.61. The zero-order chi connectivity index (χ0) is 17.9. The summed E-state index contributed by atoms with van der Waals surface area (Å²) in [5.74, 6) is 0.0422. The lowest BCUT2D eigenvalue weighted by Gasteiger charge is -2.30. The van der Waals surface area contributed by atoms with Crippen LogP contribution >= 0.6 is 0 Å². The van der Waals surface area contributed by atoms with Gasteiger partial charge in [0.25, 0.3) is 0 Å². The number of urea groups is 1. The van der Waals surface area contributed by atoms with Crippen molar-refractivity contribution in [3.05, 3.63) is 35.4 Å². The van der Waals surface area contributed by atoms with E-state index in [4.69, 9.17) is 0 Å². The van der Waals surface area contributed by atoms with E-state index in [1.54, 1.807) is 0 Å². The summed E-state index contributed by atoms with van der Waals surface area (Å²) in [5.41, 5.74) is 2.54. The number of piperidine rings is 1. The largest absolute Gasteiger partial charge is 0.353 e. The van der Waals surface area contributed by atoms with Gasteiger partial charge in [0.15, 0.2) is 0 Å². The van der Waals surface area contributed by atoms with Gasteiger partial charge in [0.05, 0.1) is 0 Å². The molecule has 0 saturated carbocycles. The Bertz CT molecular complexity index is 666. The van der Waals surface area contributed by atoms with Crippen LogP contribution in [0.3, 0.4) is 0 Å². The van der Waals surface area contributed by atoms with Crippen molar-refractivity contribution in [2.24, 2.45) is 0 Å². The van der Waals surface area contributed by atoms with Crippen molar-refractivity contribution >= 4 is 11.9 Å². The first kappa shape index (κ1) is 17.3. The standard InChI is InChI=1S/C20H28N4O2/c25-19(23-18-11-16-5-6-17(12-18)22-16)7-9-21-20(26)24-10-8-14-3-1-2-4-15(14)13-24/h1-4,16-18,22H,5-13H2,(H,21,26)(H,23,25). The molecule has 6 nitrogen and oxygen atoms in total. The Labute approximate surface area is 154 Å². The number of fused-ring (bicyclic) bond motifs is 3. The number of nitrogens with zero attached hydrogens (tertiary/aromatic N) is 1. The zero-order valence-electron chi connectivity index (χ0n) is 15.2. The molecule has 3 heterocycles. The van der Waals surface area contributed by atoms with Gasteiger partial charge in [-0.15, -0.1) is 0 Å². The second-order valence-electron chi connectivity index (χ2n) is 7.80. The summed E-state index contributed by atoms with van der Waals surface area (Å²) < 4.78 is 0. The number of hydrogen-bond acceptors (Lipinski definition) is 3. The lowest BCUT2D eigenvalue weighted by Crippen LogP contribution is -2.48. The maximum atomic E-state index is 12.3. The van der Waals surface area contributed by atoms with Gasteiger partial charge in [0.1, 0.15) is 0 Å². The molecule has 2 atom stereocenters. The minimum absolute atomic E-state index is 0.0422. The molecular weight excluding hydrogens is 328 g/mol. The van der Waals surface area contributed by atoms with Crippen LogP contribution in [0.1, 0.15) is 43.2 Å². The molecule has 4 rings (SSSR count). The van der Waals surface area contributed by atoms with E-state index in [0.29, 0.717) is 31.6 Å². The van der Waals surface area contributed by atoms with E-state index in [1.165, 1.54) is 24.0 Å². The Balaban J connectivity index is 1.17. The fourth-order valence-corrected chi connectivity index (χ4v) is 4.54. The Hall–Kier alpha value is -2.08. The monoisotopic (exact) mass is 356 g/mol. The Morgan fingerprint density at radius 2 is 1.85 bits per heavy atom. The van der Waals surface area contributed by atoms with Crippen LogP contribution in [0.25, 0.3) is 0 Å². The molecule has 2 bridgehead atoms. The number of carbonyl (C=O) groups is 2. The highest BCUT2D eigenvalue weighted by molar-refractivity contribution is 5.78. The second kappa shape index (κ2) is 7.66. The van der Waals surface area contributed by atoms with E-state index in [9.17, 15) is 9.59 Å². The normalized spacial score (nSPS) is 26.9. The number of benzene rings is 1. The Morgan fingerprint density at radius 1 is 1.12 bits per heavy atom. The van der Waals surface area contributed by atoms with Crippen molar-refractivity contribution in [2.75, 3.05) is 13.1 Å². The summed E-state index contributed by atoms with van der Waals surface area (Å²) in [4.78, 5) is 26.3. The minimum Gasteiger partial charge on any atom is -0.353 e. The second-order valence-corrected chi connectivity index (χ2v) is 7.80. The molecule has 0 spiro atoms. The van der Waals surface area contributed by atoms with Crippen molar-refractivity contribution in [1.29, 1.82) is 0 Å².